The van der Waals surface area contributed by atoms with Crippen molar-refractivity contribution in [2.24, 2.45) is 28.6 Å². The molecule has 3 fully saturated rings. The number of hydrogen-bond acceptors (Lipinski definition) is 8. The lowest BCUT2D eigenvalue weighted by Gasteiger charge is -2.44. The Bertz CT molecular complexity index is 1500. The summed E-state index contributed by atoms with van der Waals surface area (Å²) < 4.78 is 12.4. The fourth-order valence-electron chi connectivity index (χ4n) is 9.35. The van der Waals surface area contributed by atoms with Gasteiger partial charge in [-0.15, -0.1) is 0 Å². The predicted molar refractivity (Wildman–Crippen MR) is 219 cm³/mol. The Morgan fingerprint density at radius 1 is 1.00 bits per heavy atom. The molecule has 56 heavy (non-hydrogen) atoms. The normalized spacial score (nSPS) is 26.6. The average molecular weight is 781 g/mol. The number of rotatable bonds is 20. The van der Waals surface area contributed by atoms with Crippen molar-refractivity contribution in [3.8, 4) is 0 Å². The maximum atomic E-state index is 13.0. The highest BCUT2D eigenvalue weighted by Gasteiger charge is 2.50. The van der Waals surface area contributed by atoms with E-state index >= 15 is 0 Å². The summed E-state index contributed by atoms with van der Waals surface area (Å²) in [6.45, 7) is 22.2. The van der Waals surface area contributed by atoms with Crippen LogP contribution in [0.4, 0.5) is 0 Å². The summed E-state index contributed by atoms with van der Waals surface area (Å²) in [4.78, 5) is 53.3. The molecule has 4 rings (SSSR count). The summed E-state index contributed by atoms with van der Waals surface area (Å²) in [7, 11) is 0. The Kier molecular flexibility index (Phi) is 15.9. The number of allylic oxidation sites excluding steroid dienone is 4. The minimum Gasteiger partial charge on any atom is -0.390 e. The van der Waals surface area contributed by atoms with E-state index in [0.717, 1.165) is 56.6 Å². The van der Waals surface area contributed by atoms with E-state index in [1.165, 1.54) is 49.7 Å². The minimum atomic E-state index is -0.694. The topological polar surface area (TPSA) is 131 Å². The molecule has 0 radical (unpaired) electrons. The van der Waals surface area contributed by atoms with Crippen molar-refractivity contribution >= 4 is 23.7 Å². The number of imide groups is 1. The first-order valence-corrected chi connectivity index (χ1v) is 21.3. The maximum Gasteiger partial charge on any atom is 0.333 e. The van der Waals surface area contributed by atoms with Crippen LogP contribution >= 0.6 is 0 Å². The number of nitrogens with zero attached hydrogens (tertiary/aromatic N) is 1. The molecule has 0 aromatic rings. The molecule has 0 saturated heterocycles. The second-order valence-electron chi connectivity index (χ2n) is 19.2. The van der Waals surface area contributed by atoms with E-state index in [9.17, 15) is 24.3 Å². The molecule has 0 bridgehead atoms. The number of fused-ring (bicyclic) bond motifs is 1. The lowest BCUT2D eigenvalue weighted by Crippen LogP contribution is -2.39. The van der Waals surface area contributed by atoms with Crippen LogP contribution in [0.1, 0.15) is 152 Å². The van der Waals surface area contributed by atoms with Gasteiger partial charge in [-0.05, 0) is 133 Å². The van der Waals surface area contributed by atoms with Gasteiger partial charge >= 0.3 is 5.97 Å². The van der Waals surface area contributed by atoms with Crippen LogP contribution in [0.15, 0.2) is 47.6 Å². The van der Waals surface area contributed by atoms with Gasteiger partial charge in [-0.1, -0.05) is 75.5 Å². The third kappa shape index (κ3) is 13.0. The molecular weight excluding hydrogens is 709 g/mol. The molecule has 10 heteroatoms. The third-order valence-electron chi connectivity index (χ3n) is 13.0. The van der Waals surface area contributed by atoms with Gasteiger partial charge in [0.1, 0.15) is 0 Å². The molecule has 2 N–H and O–H groups in total. The molecule has 1 heterocycles. The number of ether oxygens (including phenoxy) is 2. The highest BCUT2D eigenvalue weighted by Crippen LogP contribution is 2.60. The van der Waals surface area contributed by atoms with Gasteiger partial charge in [0.05, 0.1) is 23.7 Å². The van der Waals surface area contributed by atoms with E-state index < -0.39 is 34.4 Å². The van der Waals surface area contributed by atoms with Crippen molar-refractivity contribution in [1.82, 2.24) is 10.4 Å². The summed E-state index contributed by atoms with van der Waals surface area (Å²) in [5.74, 6) is -0.0183. The van der Waals surface area contributed by atoms with Gasteiger partial charge in [0.2, 0.25) is 5.91 Å². The smallest absolute Gasteiger partial charge is 0.333 e. The SMILES string of the molecule is C=C1CC[C@H](OCCCNC(=O)C(C)(C)CCOC(C)(C)CCC(=O)ON2C(=O)C=CC2=O)C/C1=C/C=C1\CCC[C@]2(C)C([C@H](C)CCCC(C)(C)O)CC[C@@H]12. The average Bonchev–Trinajstić information content (AvgIpc) is 3.64. The number of carbonyl (C=O) groups excluding carboxylic acids is 4. The first-order chi connectivity index (χ1) is 26.2. The molecule has 3 aliphatic carbocycles. The van der Waals surface area contributed by atoms with E-state index in [4.69, 9.17) is 14.3 Å². The third-order valence-corrected chi connectivity index (χ3v) is 13.0. The van der Waals surface area contributed by atoms with Gasteiger partial charge in [-0.2, -0.15) is 0 Å². The number of amides is 3. The minimum absolute atomic E-state index is 0.0335. The van der Waals surface area contributed by atoms with Crippen LogP contribution in [0.25, 0.3) is 0 Å². The number of nitrogens with one attached hydrogen (secondary N) is 1. The van der Waals surface area contributed by atoms with Crippen molar-refractivity contribution in [2.75, 3.05) is 19.8 Å². The first kappa shape index (κ1) is 45.6. The molecule has 1 aliphatic heterocycles. The lowest BCUT2D eigenvalue weighted by atomic mass is 9.60. The highest BCUT2D eigenvalue weighted by molar-refractivity contribution is 6.12. The van der Waals surface area contributed by atoms with Crippen LogP contribution in [0, 0.1) is 28.6 Å². The molecule has 0 spiro atoms. The number of hydrogen-bond donors (Lipinski definition) is 2. The fraction of sp³-hybridized carbons (Fsp3) is 0.739. The summed E-state index contributed by atoms with van der Waals surface area (Å²) in [5, 5.41) is 13.7. The standard InChI is InChI=1S/C46H72N2O8/c1-32-15-18-36(31-35(32)17-16-34-14-11-25-46(9)37(19-20-38(34)46)33(2)13-10-24-44(5,6)53)54-29-12-28-47-42(52)43(3,4)27-30-55-45(7,8)26-23-41(51)56-48-39(49)21-22-40(48)50/h16-17,21-22,33,36-38,53H,1,10-15,18-20,23-31H2,2-9H3,(H,47,52)/b34-16+,35-17-/t33-,36+,37?,38+,46-/m1/s1. The van der Waals surface area contributed by atoms with Gasteiger partial charge in [0.25, 0.3) is 11.8 Å². The Morgan fingerprint density at radius 2 is 1.71 bits per heavy atom. The largest absolute Gasteiger partial charge is 0.390 e. The van der Waals surface area contributed by atoms with Crippen molar-refractivity contribution < 1.29 is 38.6 Å². The molecule has 0 aromatic carbocycles. The zero-order valence-electron chi connectivity index (χ0n) is 35.8. The maximum absolute atomic E-state index is 13.0. The summed E-state index contributed by atoms with van der Waals surface area (Å²) in [5.41, 5.74) is 2.61. The van der Waals surface area contributed by atoms with Gasteiger partial charge in [0.15, 0.2) is 0 Å². The van der Waals surface area contributed by atoms with E-state index in [1.54, 1.807) is 5.57 Å². The second-order valence-corrected chi connectivity index (χ2v) is 19.2. The molecule has 1 unspecified atom stereocenters. The Hall–Kier alpha value is -3.08. The van der Waals surface area contributed by atoms with Crippen LogP contribution in [0.3, 0.4) is 0 Å². The van der Waals surface area contributed by atoms with Crippen molar-refractivity contribution in [3.63, 3.8) is 0 Å². The summed E-state index contributed by atoms with van der Waals surface area (Å²) >= 11 is 0. The number of aliphatic hydroxyl groups is 1. The molecule has 4 aliphatic rings. The first-order valence-electron chi connectivity index (χ1n) is 21.3. The van der Waals surface area contributed by atoms with Crippen LogP contribution in [0.5, 0.6) is 0 Å². The summed E-state index contributed by atoms with van der Waals surface area (Å²) in [6.07, 6.45) is 20.8. The van der Waals surface area contributed by atoms with Crippen LogP contribution in [-0.4, -0.2) is 70.9 Å². The quantitative estimate of drug-likeness (QED) is 0.0928. The van der Waals surface area contributed by atoms with Gasteiger partial charge in [-0.25, -0.2) is 4.79 Å². The lowest BCUT2D eigenvalue weighted by molar-refractivity contribution is -0.197. The summed E-state index contributed by atoms with van der Waals surface area (Å²) in [6, 6.07) is 0. The molecule has 10 nitrogen and oxygen atoms in total. The predicted octanol–water partition coefficient (Wildman–Crippen LogP) is 8.64. The van der Waals surface area contributed by atoms with Crippen molar-refractivity contribution in [2.45, 2.75) is 169 Å². The zero-order valence-corrected chi connectivity index (χ0v) is 35.8. The Morgan fingerprint density at radius 3 is 2.41 bits per heavy atom. The molecule has 314 valence electrons. The molecule has 5 atom stereocenters. The number of hydroxylamine groups is 2. The monoisotopic (exact) mass is 781 g/mol. The van der Waals surface area contributed by atoms with E-state index in [0.29, 0.717) is 54.9 Å². The van der Waals surface area contributed by atoms with Crippen LogP contribution < -0.4 is 5.32 Å². The van der Waals surface area contributed by atoms with Crippen molar-refractivity contribution in [1.29, 1.82) is 0 Å². The van der Waals surface area contributed by atoms with Gasteiger partial charge < -0.3 is 24.7 Å². The van der Waals surface area contributed by atoms with E-state index in [1.807, 2.05) is 41.5 Å². The second kappa shape index (κ2) is 19.6. The fourth-order valence-corrected chi connectivity index (χ4v) is 9.35. The van der Waals surface area contributed by atoms with Gasteiger partial charge in [0, 0.05) is 37.3 Å². The van der Waals surface area contributed by atoms with Crippen molar-refractivity contribution in [3.05, 3.63) is 47.6 Å². The highest BCUT2D eigenvalue weighted by atomic mass is 16.7. The number of carbonyl (C=O) groups is 4. The molecule has 3 amide bonds. The molecule has 3 saturated carbocycles. The molecule has 0 aromatic heterocycles. The Balaban J connectivity index is 1.15. The van der Waals surface area contributed by atoms with Gasteiger partial charge in [-0.3, -0.25) is 14.4 Å². The van der Waals surface area contributed by atoms with Crippen LogP contribution in [0.2, 0.25) is 0 Å². The molecular formula is C46H72N2O8. The van der Waals surface area contributed by atoms with E-state index in [-0.39, 0.29) is 18.4 Å². The Labute approximate surface area is 336 Å². The van der Waals surface area contributed by atoms with E-state index in [2.05, 4.69) is 37.9 Å². The van der Waals surface area contributed by atoms with Crippen LogP contribution in [-0.2, 0) is 33.5 Å². The zero-order chi connectivity index (χ0) is 41.3.